The Morgan fingerprint density at radius 3 is 2.73 bits per heavy atom. The van der Waals surface area contributed by atoms with Crippen molar-refractivity contribution in [1.82, 2.24) is 9.88 Å². The lowest BCUT2D eigenvalue weighted by Crippen LogP contribution is -2.41. The summed E-state index contributed by atoms with van der Waals surface area (Å²) in [6.45, 7) is 2.53. The first-order valence-electron chi connectivity index (χ1n) is 13.6. The maximum atomic E-state index is 13.6. The number of aromatic nitrogens is 1. The molecule has 208 valence electrons. The van der Waals surface area contributed by atoms with Gasteiger partial charge in [0.15, 0.2) is 0 Å². The number of ether oxygens (including phenoxy) is 1. The number of pyridine rings is 1. The summed E-state index contributed by atoms with van der Waals surface area (Å²) in [4.78, 5) is 45.1. The molecular formula is C31H33ClN4O4. The van der Waals surface area contributed by atoms with Gasteiger partial charge in [-0.05, 0) is 72.7 Å². The van der Waals surface area contributed by atoms with Crippen molar-refractivity contribution in [3.63, 3.8) is 0 Å². The Hall–Kier alpha value is -3.91. The molecule has 3 aromatic rings. The number of rotatable bonds is 3. The first-order valence-corrected chi connectivity index (χ1v) is 14.0. The van der Waals surface area contributed by atoms with E-state index in [9.17, 15) is 14.4 Å². The van der Waals surface area contributed by atoms with Crippen molar-refractivity contribution in [3.8, 4) is 11.1 Å². The SMILES string of the molecule is COC(=O)Nc1ccc2c(c1)NC(=O)C(C)CCCC(N1CCC(c3cccc(Cl)c3)CC1=O)c1cc-2ccn1. The number of halogens is 1. The third-order valence-electron chi connectivity index (χ3n) is 7.86. The zero-order chi connectivity index (χ0) is 28.2. The van der Waals surface area contributed by atoms with Crippen molar-refractivity contribution in [3.05, 3.63) is 77.1 Å². The van der Waals surface area contributed by atoms with Gasteiger partial charge in [-0.1, -0.05) is 43.1 Å². The first-order chi connectivity index (χ1) is 19.3. The van der Waals surface area contributed by atoms with Crippen LogP contribution in [-0.2, 0) is 14.3 Å². The zero-order valence-electron chi connectivity index (χ0n) is 22.7. The third-order valence-corrected chi connectivity index (χ3v) is 8.10. The minimum Gasteiger partial charge on any atom is -0.453 e. The monoisotopic (exact) mass is 560 g/mol. The number of likely N-dealkylation sites (tertiary alicyclic amines) is 1. The van der Waals surface area contributed by atoms with Crippen molar-refractivity contribution in [2.24, 2.45) is 5.92 Å². The van der Waals surface area contributed by atoms with Gasteiger partial charge in [0, 0.05) is 41.4 Å². The molecule has 40 heavy (non-hydrogen) atoms. The van der Waals surface area contributed by atoms with E-state index in [1.165, 1.54) is 7.11 Å². The van der Waals surface area contributed by atoms with Crippen molar-refractivity contribution >= 4 is 40.9 Å². The van der Waals surface area contributed by atoms with Crippen LogP contribution in [0.4, 0.5) is 16.2 Å². The number of amides is 3. The number of hydrogen-bond acceptors (Lipinski definition) is 5. The van der Waals surface area contributed by atoms with E-state index in [4.69, 9.17) is 21.3 Å². The summed E-state index contributed by atoms with van der Waals surface area (Å²) in [6.07, 6.45) is 4.59. The van der Waals surface area contributed by atoms with Crippen LogP contribution in [-0.4, -0.2) is 41.4 Å². The normalized spacial score (nSPS) is 21.4. The number of carbonyl (C=O) groups is 3. The van der Waals surface area contributed by atoms with E-state index in [1.54, 1.807) is 18.3 Å². The standard InChI is InChI=1S/C31H33ClN4O4/c1-19-5-3-8-28(36-14-12-21(17-29(36)37)20-6-4-7-23(32)15-20)27-16-22(11-13-33-27)25-10-9-24(34-31(39)40-2)18-26(25)35-30(19)38/h4,6-7,9-11,13,15-16,18-19,21,28H,3,5,8,12,14,17H2,1-2H3,(H,34,39)(H,35,38). The van der Waals surface area contributed by atoms with Crippen LogP contribution in [0.25, 0.3) is 11.1 Å². The Bertz CT molecular complexity index is 1430. The Kier molecular flexibility index (Phi) is 8.35. The van der Waals surface area contributed by atoms with E-state index in [1.807, 2.05) is 54.3 Å². The highest BCUT2D eigenvalue weighted by Crippen LogP contribution is 2.38. The Balaban J connectivity index is 1.47. The molecular weight excluding hydrogens is 528 g/mol. The quantitative estimate of drug-likeness (QED) is 0.367. The van der Waals surface area contributed by atoms with Gasteiger partial charge >= 0.3 is 6.09 Å². The van der Waals surface area contributed by atoms with Crippen molar-refractivity contribution < 1.29 is 19.1 Å². The summed E-state index contributed by atoms with van der Waals surface area (Å²) in [5, 5.41) is 6.39. The fraction of sp³-hybridized carbons (Fsp3) is 0.355. The van der Waals surface area contributed by atoms with Gasteiger partial charge in [0.1, 0.15) is 0 Å². The molecule has 0 spiro atoms. The van der Waals surface area contributed by atoms with Gasteiger partial charge in [-0.15, -0.1) is 0 Å². The fourth-order valence-electron chi connectivity index (χ4n) is 5.64. The van der Waals surface area contributed by atoms with Gasteiger partial charge in [-0.2, -0.15) is 0 Å². The van der Waals surface area contributed by atoms with E-state index in [-0.39, 0.29) is 29.7 Å². The summed E-state index contributed by atoms with van der Waals surface area (Å²) in [6, 6.07) is 16.8. The van der Waals surface area contributed by atoms with Crippen LogP contribution < -0.4 is 10.6 Å². The molecule has 2 N–H and O–H groups in total. The van der Waals surface area contributed by atoms with E-state index in [0.29, 0.717) is 35.8 Å². The second-order valence-electron chi connectivity index (χ2n) is 10.5. The van der Waals surface area contributed by atoms with Crippen LogP contribution in [0.2, 0.25) is 5.02 Å². The molecule has 0 saturated carbocycles. The predicted octanol–water partition coefficient (Wildman–Crippen LogP) is 6.79. The molecule has 2 bridgehead atoms. The average Bonchev–Trinajstić information content (AvgIpc) is 2.95. The number of nitrogens with one attached hydrogen (secondary N) is 2. The molecule has 0 radical (unpaired) electrons. The lowest BCUT2D eigenvalue weighted by molar-refractivity contribution is -0.137. The summed E-state index contributed by atoms with van der Waals surface area (Å²) in [5.41, 5.74) is 4.67. The van der Waals surface area contributed by atoms with Gasteiger partial charge in [0.05, 0.1) is 24.5 Å². The molecule has 3 amide bonds. The van der Waals surface area contributed by atoms with Gasteiger partial charge < -0.3 is 15.0 Å². The van der Waals surface area contributed by atoms with Crippen LogP contribution in [0, 0.1) is 5.92 Å². The van der Waals surface area contributed by atoms with Crippen LogP contribution in [0.15, 0.2) is 60.8 Å². The summed E-state index contributed by atoms with van der Waals surface area (Å²) < 4.78 is 4.71. The molecule has 3 atom stereocenters. The number of carbonyl (C=O) groups excluding carboxylic acids is 3. The maximum Gasteiger partial charge on any atom is 0.411 e. The number of benzene rings is 2. The zero-order valence-corrected chi connectivity index (χ0v) is 23.4. The smallest absolute Gasteiger partial charge is 0.411 e. The summed E-state index contributed by atoms with van der Waals surface area (Å²) in [5.74, 6) is -0.0939. The van der Waals surface area contributed by atoms with E-state index in [2.05, 4.69) is 10.6 Å². The summed E-state index contributed by atoms with van der Waals surface area (Å²) >= 11 is 6.22. The molecule has 8 nitrogen and oxygen atoms in total. The molecule has 9 heteroatoms. The number of anilines is 2. The molecule has 1 fully saturated rings. The maximum absolute atomic E-state index is 13.6. The van der Waals surface area contributed by atoms with Gasteiger partial charge in [0.25, 0.3) is 0 Å². The molecule has 0 aliphatic carbocycles. The number of fused-ring (bicyclic) bond motifs is 4. The number of piperidine rings is 1. The molecule has 1 saturated heterocycles. The topological polar surface area (TPSA) is 101 Å². The van der Waals surface area contributed by atoms with Gasteiger partial charge in [0.2, 0.25) is 11.8 Å². The number of nitrogens with zero attached hydrogens (tertiary/aromatic N) is 2. The van der Waals surface area contributed by atoms with Crippen LogP contribution in [0.5, 0.6) is 0 Å². The van der Waals surface area contributed by atoms with E-state index >= 15 is 0 Å². The minimum absolute atomic E-state index is 0.0960. The fourth-order valence-corrected chi connectivity index (χ4v) is 5.84. The Labute approximate surface area is 239 Å². The highest BCUT2D eigenvalue weighted by molar-refractivity contribution is 6.30. The summed E-state index contributed by atoms with van der Waals surface area (Å²) in [7, 11) is 1.30. The second kappa shape index (κ2) is 12.1. The Morgan fingerprint density at radius 2 is 1.95 bits per heavy atom. The lowest BCUT2D eigenvalue weighted by Gasteiger charge is -2.38. The molecule has 3 heterocycles. The highest BCUT2D eigenvalue weighted by Gasteiger charge is 2.33. The van der Waals surface area contributed by atoms with Gasteiger partial charge in [-0.25, -0.2) is 4.79 Å². The second-order valence-corrected chi connectivity index (χ2v) is 11.0. The van der Waals surface area contributed by atoms with Crippen molar-refractivity contribution in [1.29, 1.82) is 0 Å². The largest absolute Gasteiger partial charge is 0.453 e. The molecule has 1 aromatic heterocycles. The number of hydrogen-bond donors (Lipinski definition) is 2. The van der Waals surface area contributed by atoms with E-state index in [0.717, 1.165) is 41.6 Å². The van der Waals surface area contributed by atoms with Crippen LogP contribution in [0.1, 0.15) is 62.2 Å². The minimum atomic E-state index is -0.592. The average molecular weight is 561 g/mol. The predicted molar refractivity (Wildman–Crippen MR) is 155 cm³/mol. The van der Waals surface area contributed by atoms with Gasteiger partial charge in [-0.3, -0.25) is 19.9 Å². The molecule has 2 aliphatic rings. The van der Waals surface area contributed by atoms with Crippen LogP contribution in [0.3, 0.4) is 0 Å². The van der Waals surface area contributed by atoms with Crippen LogP contribution >= 0.6 is 11.6 Å². The first kappa shape index (κ1) is 27.6. The molecule has 5 rings (SSSR count). The van der Waals surface area contributed by atoms with E-state index < -0.39 is 6.09 Å². The molecule has 3 unspecified atom stereocenters. The molecule has 2 aliphatic heterocycles. The molecule has 2 aromatic carbocycles. The lowest BCUT2D eigenvalue weighted by atomic mass is 9.87. The number of methoxy groups -OCH3 is 1. The highest BCUT2D eigenvalue weighted by atomic mass is 35.5. The van der Waals surface area contributed by atoms with Crippen molar-refractivity contribution in [2.75, 3.05) is 24.3 Å². The Morgan fingerprint density at radius 1 is 1.10 bits per heavy atom. The third kappa shape index (κ3) is 6.12. The van der Waals surface area contributed by atoms with Crippen molar-refractivity contribution in [2.45, 2.75) is 51.0 Å².